The van der Waals surface area contributed by atoms with Crippen molar-refractivity contribution in [2.24, 2.45) is 17.8 Å². The number of aromatic nitrogens is 2. The van der Waals surface area contributed by atoms with Crippen LogP contribution in [0.3, 0.4) is 0 Å². The summed E-state index contributed by atoms with van der Waals surface area (Å²) in [7, 11) is -5.13. The zero-order valence-electron chi connectivity index (χ0n) is 28.5. The number of nitrogens with zero attached hydrogens (tertiary/aromatic N) is 3. The molecule has 13 heteroatoms. The molecule has 1 saturated heterocycles. The zero-order chi connectivity index (χ0) is 34.3. The smallest absolute Gasteiger partial charge is 0.531 e. The van der Waals surface area contributed by atoms with Gasteiger partial charge in [0.15, 0.2) is 0 Å². The molecule has 6 aliphatic rings. The molecule has 1 saturated carbocycles. The third-order valence-corrected chi connectivity index (χ3v) is 12.7. The summed E-state index contributed by atoms with van der Waals surface area (Å²) in [5, 5.41) is 20.3. The van der Waals surface area contributed by atoms with E-state index < -0.39 is 24.3 Å². The van der Waals surface area contributed by atoms with Gasteiger partial charge in [-0.25, -0.2) is 12.7 Å². The Labute approximate surface area is 290 Å². The minimum atomic E-state index is -3.23. The summed E-state index contributed by atoms with van der Waals surface area (Å²) < 4.78 is 43.3. The monoisotopic (exact) mass is 685 g/mol. The maximum atomic E-state index is 12.4. The Bertz CT molecular complexity index is 1820. The highest BCUT2D eigenvalue weighted by atomic mass is 32.2. The van der Waals surface area contributed by atoms with Crippen LogP contribution < -0.4 is 9.31 Å². The van der Waals surface area contributed by atoms with Crippen molar-refractivity contribution in [2.75, 3.05) is 25.4 Å². The van der Waals surface area contributed by atoms with Crippen LogP contribution in [0.15, 0.2) is 36.5 Å². The Kier molecular flexibility index (Phi) is 9.91. The lowest BCUT2D eigenvalue weighted by molar-refractivity contribution is 0.0310. The molecule has 0 aromatic carbocycles. The summed E-state index contributed by atoms with van der Waals surface area (Å²) in [6, 6.07) is 0. The molecular weight excluding hydrogens is 640 g/mol. The van der Waals surface area contributed by atoms with E-state index in [9.17, 15) is 18.5 Å². The first-order valence-corrected chi connectivity index (χ1v) is 19.4. The van der Waals surface area contributed by atoms with E-state index in [2.05, 4.69) is 42.0 Å². The van der Waals surface area contributed by atoms with Gasteiger partial charge in [0, 0.05) is 60.7 Å². The van der Waals surface area contributed by atoms with Crippen molar-refractivity contribution in [1.82, 2.24) is 14.3 Å². The van der Waals surface area contributed by atoms with Crippen molar-refractivity contribution in [1.29, 1.82) is 0 Å². The highest BCUT2D eigenvalue weighted by molar-refractivity contribution is 7.89. The van der Waals surface area contributed by atoms with Gasteiger partial charge in [-0.15, -0.1) is 0 Å². The van der Waals surface area contributed by atoms with Crippen LogP contribution in [0, 0.1) is 17.8 Å². The molecule has 8 rings (SSSR count). The standard InChI is InChI=1S/C18H23BN2O4S.C18H22BNO3/c1-3-26(23,24)21-8-7-12(2)15(11-21)14-9-19(22)25-17-10-20-16-6-4-5-13(16)18(14)17;1-2-22-13-8-6-12(7-9-13)15-10-19(21)23-17-11-20-16-5-3-4-14(16)18(15)17/h4-5,9-10,12,15,22H,3,6-8,11H2,1-2H3;3-4,10-13,21H,2,5-9H2,1H3. The van der Waals surface area contributed by atoms with Crippen molar-refractivity contribution in [3.8, 4) is 11.5 Å². The first kappa shape index (κ1) is 34.2. The Balaban J connectivity index is 0.000000155. The van der Waals surface area contributed by atoms with Crippen LogP contribution in [-0.2, 0) is 27.6 Å². The largest absolute Gasteiger partial charge is 0.552 e. The van der Waals surface area contributed by atoms with Crippen molar-refractivity contribution in [3.05, 3.63) is 70.1 Å². The van der Waals surface area contributed by atoms with Gasteiger partial charge in [0.25, 0.3) is 0 Å². The fourth-order valence-corrected chi connectivity index (χ4v) is 9.37. The van der Waals surface area contributed by atoms with Gasteiger partial charge in [-0.2, -0.15) is 0 Å². The lowest BCUT2D eigenvalue weighted by Crippen LogP contribution is -2.44. The van der Waals surface area contributed by atoms with E-state index in [-0.39, 0.29) is 11.7 Å². The molecule has 0 spiro atoms. The van der Waals surface area contributed by atoms with Gasteiger partial charge in [-0.05, 0) is 80.9 Å². The van der Waals surface area contributed by atoms with Crippen LogP contribution in [-0.4, -0.2) is 78.5 Å². The van der Waals surface area contributed by atoms with E-state index in [0.29, 0.717) is 42.5 Å². The molecule has 2 N–H and O–H groups in total. The molecule has 2 aromatic rings. The highest BCUT2D eigenvalue weighted by Gasteiger charge is 2.39. The summed E-state index contributed by atoms with van der Waals surface area (Å²) >= 11 is 0. The fraction of sp³-hybridized carbons (Fsp3) is 0.500. The molecule has 3 aliphatic heterocycles. The Hall–Kier alpha value is -3.22. The van der Waals surface area contributed by atoms with Gasteiger partial charge < -0.3 is 24.1 Å². The van der Waals surface area contributed by atoms with E-state index in [1.165, 1.54) is 11.1 Å². The quantitative estimate of drug-likeness (QED) is 0.412. The number of allylic oxidation sites excluding steroid dienone is 3. The number of pyridine rings is 2. The molecule has 2 aromatic heterocycles. The third kappa shape index (κ3) is 6.80. The molecule has 49 heavy (non-hydrogen) atoms. The fourth-order valence-electron chi connectivity index (χ4n) is 8.24. The molecule has 2 atom stereocenters. The van der Waals surface area contributed by atoms with Gasteiger partial charge in [-0.3, -0.25) is 9.97 Å². The molecule has 0 amide bonds. The third-order valence-electron chi connectivity index (χ3n) is 10.8. The Morgan fingerprint density at radius 3 is 2.02 bits per heavy atom. The molecule has 0 radical (unpaired) electrons. The summed E-state index contributed by atoms with van der Waals surface area (Å²) in [6.07, 6.45) is 19.1. The second-order valence-corrected chi connectivity index (χ2v) is 16.0. The van der Waals surface area contributed by atoms with Crippen LogP contribution in [0.5, 0.6) is 11.5 Å². The molecular formula is C36H45B2N3O7S. The molecule has 2 fully saturated rings. The number of piperidine rings is 1. The van der Waals surface area contributed by atoms with E-state index in [1.54, 1.807) is 29.6 Å². The van der Waals surface area contributed by atoms with Gasteiger partial charge in [-0.1, -0.05) is 31.2 Å². The van der Waals surface area contributed by atoms with E-state index in [0.717, 1.165) is 85.2 Å². The van der Waals surface area contributed by atoms with E-state index >= 15 is 0 Å². The topological polar surface area (TPSA) is 131 Å². The molecule has 10 nitrogen and oxygen atoms in total. The molecule has 0 bridgehead atoms. The van der Waals surface area contributed by atoms with Crippen LogP contribution in [0.4, 0.5) is 0 Å². The number of rotatable bonds is 6. The molecule has 3 aliphatic carbocycles. The lowest BCUT2D eigenvalue weighted by Gasteiger charge is -2.39. The second-order valence-electron chi connectivity index (χ2n) is 13.7. The van der Waals surface area contributed by atoms with Crippen LogP contribution in [0.1, 0.15) is 86.5 Å². The predicted molar refractivity (Wildman–Crippen MR) is 193 cm³/mol. The van der Waals surface area contributed by atoms with Gasteiger partial charge >= 0.3 is 14.2 Å². The first-order chi connectivity index (χ1) is 23.7. The van der Waals surface area contributed by atoms with Crippen molar-refractivity contribution >= 4 is 47.6 Å². The molecule has 2 unspecified atom stereocenters. The number of hydrogen-bond donors (Lipinski definition) is 2. The number of ether oxygens (including phenoxy) is 1. The lowest BCUT2D eigenvalue weighted by atomic mass is 9.71. The van der Waals surface area contributed by atoms with E-state index in [1.807, 2.05) is 12.1 Å². The van der Waals surface area contributed by atoms with Crippen LogP contribution >= 0.6 is 0 Å². The number of hydrogen-bond acceptors (Lipinski definition) is 9. The average Bonchev–Trinajstić information content (AvgIpc) is 3.78. The number of sulfonamides is 1. The second kappa shape index (κ2) is 14.2. The molecule has 5 heterocycles. The molecule has 258 valence electrons. The van der Waals surface area contributed by atoms with Crippen molar-refractivity contribution in [2.45, 2.75) is 71.8 Å². The van der Waals surface area contributed by atoms with E-state index in [4.69, 9.17) is 14.0 Å². The maximum Gasteiger partial charge on any atom is 0.552 e. The Morgan fingerprint density at radius 1 is 0.878 bits per heavy atom. The summed E-state index contributed by atoms with van der Waals surface area (Å²) in [5.41, 5.74) is 8.63. The first-order valence-electron chi connectivity index (χ1n) is 17.8. The van der Waals surface area contributed by atoms with Crippen molar-refractivity contribution in [3.63, 3.8) is 0 Å². The number of fused-ring (bicyclic) bond motifs is 6. The minimum absolute atomic E-state index is 0.0166. The van der Waals surface area contributed by atoms with Gasteiger partial charge in [0.05, 0.1) is 35.6 Å². The van der Waals surface area contributed by atoms with Crippen molar-refractivity contribution < 1.29 is 32.5 Å². The predicted octanol–water partition coefficient (Wildman–Crippen LogP) is 4.80. The minimum Gasteiger partial charge on any atom is -0.531 e. The Morgan fingerprint density at radius 2 is 1.45 bits per heavy atom. The van der Waals surface area contributed by atoms with Crippen LogP contribution in [0.2, 0.25) is 0 Å². The normalized spacial score (nSPS) is 25.6. The summed E-state index contributed by atoms with van der Waals surface area (Å²) in [6.45, 7) is 7.68. The van der Waals surface area contributed by atoms with Gasteiger partial charge in [0.1, 0.15) is 11.5 Å². The highest BCUT2D eigenvalue weighted by Crippen LogP contribution is 2.46. The van der Waals surface area contributed by atoms with Crippen LogP contribution in [0.25, 0.3) is 23.3 Å². The summed E-state index contributed by atoms with van der Waals surface area (Å²) in [5.74, 6) is 5.81. The van der Waals surface area contributed by atoms with Gasteiger partial charge in [0.2, 0.25) is 10.0 Å². The summed E-state index contributed by atoms with van der Waals surface area (Å²) in [4.78, 5) is 8.92. The zero-order valence-corrected chi connectivity index (χ0v) is 29.4. The average molecular weight is 685 g/mol. The SMILES string of the molecule is CCOC1CCC(C2=CB(O)Oc3cnc4c(c32)C=CC4)CC1.CCS(=O)(=O)N1CCC(C)C(C2=CB(O)Oc3cnc4c(c32)C=CC4)C1. The maximum absolute atomic E-state index is 12.4.